The number of nitrogens with one attached hydrogen (secondary N) is 1. The fourth-order valence-electron chi connectivity index (χ4n) is 3.04. The monoisotopic (exact) mass is 257 g/mol. The molecular formula is C14H27NOS. The molecule has 0 aromatic carbocycles. The van der Waals surface area contributed by atoms with Crippen molar-refractivity contribution >= 4 is 11.8 Å². The largest absolute Gasteiger partial charge is 0.389 e. The Hall–Kier alpha value is 0.270. The minimum absolute atomic E-state index is 0.406. The Morgan fingerprint density at radius 2 is 1.82 bits per heavy atom. The summed E-state index contributed by atoms with van der Waals surface area (Å²) in [5, 5.41) is 14.1. The molecule has 1 aliphatic heterocycles. The Morgan fingerprint density at radius 1 is 1.18 bits per heavy atom. The Morgan fingerprint density at radius 3 is 2.41 bits per heavy atom. The van der Waals surface area contributed by atoms with Gasteiger partial charge in [0.25, 0.3) is 0 Å². The van der Waals surface area contributed by atoms with E-state index in [2.05, 4.69) is 24.0 Å². The zero-order valence-corrected chi connectivity index (χ0v) is 11.9. The number of aliphatic hydroxyl groups is 1. The number of rotatable bonds is 4. The topological polar surface area (TPSA) is 32.3 Å². The summed E-state index contributed by atoms with van der Waals surface area (Å²) in [5.74, 6) is 3.43. The van der Waals surface area contributed by atoms with Crippen molar-refractivity contribution in [1.29, 1.82) is 0 Å². The molecule has 0 spiro atoms. The van der Waals surface area contributed by atoms with Gasteiger partial charge in [-0.25, -0.2) is 0 Å². The fraction of sp³-hybridized carbons (Fsp3) is 1.00. The molecule has 1 aliphatic carbocycles. The van der Waals surface area contributed by atoms with E-state index in [0.717, 1.165) is 25.3 Å². The molecular weight excluding hydrogens is 230 g/mol. The second-order valence-corrected chi connectivity index (χ2v) is 7.07. The standard InChI is InChI=1S/C14H27NOS/c1-2-12-3-7-14(16,8-4-12)11-15-13-5-9-17-10-6-13/h12-13,15-16H,2-11H2,1H3. The van der Waals surface area contributed by atoms with Crippen LogP contribution in [0.15, 0.2) is 0 Å². The van der Waals surface area contributed by atoms with Crippen LogP contribution in [-0.4, -0.2) is 34.8 Å². The summed E-state index contributed by atoms with van der Waals surface area (Å²) in [6, 6.07) is 0.657. The Balaban J connectivity index is 1.70. The molecule has 2 nitrogen and oxygen atoms in total. The SMILES string of the molecule is CCC1CCC(O)(CNC2CCSCC2)CC1. The van der Waals surface area contributed by atoms with Crippen molar-refractivity contribution in [2.24, 2.45) is 5.92 Å². The van der Waals surface area contributed by atoms with E-state index in [1.54, 1.807) is 0 Å². The molecule has 1 heterocycles. The molecule has 0 unspecified atom stereocenters. The van der Waals surface area contributed by atoms with E-state index in [4.69, 9.17) is 0 Å². The predicted octanol–water partition coefficient (Wildman–Crippen LogP) is 2.80. The van der Waals surface area contributed by atoms with Crippen LogP contribution in [0, 0.1) is 5.92 Å². The third-order valence-electron chi connectivity index (χ3n) is 4.55. The molecule has 2 rings (SSSR count). The lowest BCUT2D eigenvalue weighted by atomic mass is 9.77. The zero-order chi connectivity index (χ0) is 12.1. The molecule has 2 N–H and O–H groups in total. The van der Waals surface area contributed by atoms with Crippen molar-refractivity contribution in [2.45, 2.75) is 63.5 Å². The van der Waals surface area contributed by atoms with Gasteiger partial charge in [-0.05, 0) is 55.9 Å². The van der Waals surface area contributed by atoms with Crippen LogP contribution < -0.4 is 5.32 Å². The highest BCUT2D eigenvalue weighted by Gasteiger charge is 2.32. The van der Waals surface area contributed by atoms with E-state index in [9.17, 15) is 5.11 Å². The van der Waals surface area contributed by atoms with Gasteiger partial charge in [0.05, 0.1) is 5.60 Å². The maximum absolute atomic E-state index is 10.5. The van der Waals surface area contributed by atoms with Crippen LogP contribution in [0.1, 0.15) is 51.9 Å². The van der Waals surface area contributed by atoms with Gasteiger partial charge in [-0.1, -0.05) is 13.3 Å². The van der Waals surface area contributed by atoms with Crippen LogP contribution >= 0.6 is 11.8 Å². The summed E-state index contributed by atoms with van der Waals surface area (Å²) >= 11 is 2.06. The van der Waals surface area contributed by atoms with Crippen molar-refractivity contribution in [1.82, 2.24) is 5.32 Å². The average molecular weight is 257 g/mol. The Kier molecular flexibility index (Phi) is 5.19. The molecule has 100 valence electrons. The molecule has 0 atom stereocenters. The summed E-state index contributed by atoms with van der Waals surface area (Å²) in [6.45, 7) is 3.09. The van der Waals surface area contributed by atoms with Gasteiger partial charge >= 0.3 is 0 Å². The quantitative estimate of drug-likeness (QED) is 0.812. The molecule has 1 saturated carbocycles. The molecule has 0 bridgehead atoms. The van der Waals surface area contributed by atoms with Crippen molar-refractivity contribution in [3.63, 3.8) is 0 Å². The zero-order valence-electron chi connectivity index (χ0n) is 11.1. The van der Waals surface area contributed by atoms with Crippen LogP contribution in [0.2, 0.25) is 0 Å². The van der Waals surface area contributed by atoms with Crippen molar-refractivity contribution < 1.29 is 5.11 Å². The second kappa shape index (κ2) is 6.44. The minimum atomic E-state index is -0.406. The minimum Gasteiger partial charge on any atom is -0.389 e. The summed E-state index contributed by atoms with van der Waals surface area (Å²) in [5.41, 5.74) is -0.406. The molecule has 17 heavy (non-hydrogen) atoms. The summed E-state index contributed by atoms with van der Waals surface area (Å²) in [6.07, 6.45) is 8.27. The molecule has 0 aromatic heterocycles. The van der Waals surface area contributed by atoms with Crippen LogP contribution in [-0.2, 0) is 0 Å². The van der Waals surface area contributed by atoms with Gasteiger partial charge in [0, 0.05) is 12.6 Å². The first-order chi connectivity index (χ1) is 8.22. The smallest absolute Gasteiger partial charge is 0.0771 e. The molecule has 2 fully saturated rings. The van der Waals surface area contributed by atoms with Gasteiger partial charge in [-0.15, -0.1) is 0 Å². The van der Waals surface area contributed by atoms with Crippen molar-refractivity contribution in [3.05, 3.63) is 0 Å². The number of thioether (sulfide) groups is 1. The maximum Gasteiger partial charge on any atom is 0.0771 e. The van der Waals surface area contributed by atoms with Crippen molar-refractivity contribution in [3.8, 4) is 0 Å². The molecule has 0 aromatic rings. The summed E-state index contributed by atoms with van der Waals surface area (Å²) in [4.78, 5) is 0. The molecule has 0 amide bonds. The highest BCUT2D eigenvalue weighted by atomic mass is 32.2. The van der Waals surface area contributed by atoms with Crippen LogP contribution in [0.5, 0.6) is 0 Å². The lowest BCUT2D eigenvalue weighted by Gasteiger charge is -2.37. The van der Waals surface area contributed by atoms with Crippen LogP contribution in [0.4, 0.5) is 0 Å². The highest BCUT2D eigenvalue weighted by molar-refractivity contribution is 7.99. The molecule has 0 radical (unpaired) electrons. The first kappa shape index (κ1) is 13.7. The van der Waals surface area contributed by atoms with E-state index >= 15 is 0 Å². The average Bonchev–Trinajstić information content (AvgIpc) is 2.39. The lowest BCUT2D eigenvalue weighted by Crippen LogP contribution is -2.47. The fourth-order valence-corrected chi connectivity index (χ4v) is 4.14. The summed E-state index contributed by atoms with van der Waals surface area (Å²) in [7, 11) is 0. The normalized spacial score (nSPS) is 36.0. The molecule has 2 aliphatic rings. The predicted molar refractivity (Wildman–Crippen MR) is 75.5 cm³/mol. The van der Waals surface area contributed by atoms with Gasteiger partial charge in [0.15, 0.2) is 0 Å². The Labute approximate surface area is 110 Å². The second-order valence-electron chi connectivity index (χ2n) is 5.84. The first-order valence-corrected chi connectivity index (χ1v) is 8.41. The van der Waals surface area contributed by atoms with Gasteiger partial charge in [0.2, 0.25) is 0 Å². The third kappa shape index (κ3) is 4.15. The maximum atomic E-state index is 10.5. The van der Waals surface area contributed by atoms with E-state index < -0.39 is 5.60 Å². The number of hydrogen-bond donors (Lipinski definition) is 2. The van der Waals surface area contributed by atoms with E-state index in [-0.39, 0.29) is 0 Å². The van der Waals surface area contributed by atoms with E-state index in [1.807, 2.05) is 0 Å². The van der Waals surface area contributed by atoms with Gasteiger partial charge in [-0.2, -0.15) is 11.8 Å². The Bertz CT molecular complexity index is 220. The number of hydrogen-bond acceptors (Lipinski definition) is 3. The third-order valence-corrected chi connectivity index (χ3v) is 5.60. The lowest BCUT2D eigenvalue weighted by molar-refractivity contribution is -0.0108. The van der Waals surface area contributed by atoms with Gasteiger partial charge in [-0.3, -0.25) is 0 Å². The van der Waals surface area contributed by atoms with E-state index in [0.29, 0.717) is 6.04 Å². The van der Waals surface area contributed by atoms with E-state index in [1.165, 1.54) is 43.6 Å². The molecule has 3 heteroatoms. The summed E-state index contributed by atoms with van der Waals surface area (Å²) < 4.78 is 0. The highest BCUT2D eigenvalue weighted by Crippen LogP contribution is 2.33. The van der Waals surface area contributed by atoms with Crippen molar-refractivity contribution in [2.75, 3.05) is 18.1 Å². The molecule has 1 saturated heterocycles. The van der Waals surface area contributed by atoms with Crippen LogP contribution in [0.25, 0.3) is 0 Å². The van der Waals surface area contributed by atoms with Gasteiger partial charge in [0.1, 0.15) is 0 Å². The van der Waals surface area contributed by atoms with Crippen LogP contribution in [0.3, 0.4) is 0 Å². The first-order valence-electron chi connectivity index (χ1n) is 7.25. The van der Waals surface area contributed by atoms with Gasteiger partial charge < -0.3 is 10.4 Å².